The summed E-state index contributed by atoms with van der Waals surface area (Å²) in [6.07, 6.45) is 4.72. The fourth-order valence-corrected chi connectivity index (χ4v) is 3.02. The van der Waals surface area contributed by atoms with Crippen LogP contribution in [0, 0.1) is 0 Å². The molecule has 1 aromatic heterocycles. The third kappa shape index (κ3) is 4.58. The summed E-state index contributed by atoms with van der Waals surface area (Å²) in [5.41, 5.74) is 1.97. The van der Waals surface area contributed by atoms with E-state index in [0.29, 0.717) is 10.7 Å². The van der Waals surface area contributed by atoms with Gasteiger partial charge in [0.15, 0.2) is 0 Å². The topological polar surface area (TPSA) is 54.1 Å². The molecule has 136 valence electrons. The van der Waals surface area contributed by atoms with Crippen LogP contribution in [0.25, 0.3) is 10.9 Å². The van der Waals surface area contributed by atoms with Crippen molar-refractivity contribution in [2.24, 2.45) is 0 Å². The molecule has 0 atom stereocenters. The van der Waals surface area contributed by atoms with Crippen molar-refractivity contribution in [2.45, 2.75) is 32.6 Å². The van der Waals surface area contributed by atoms with Gasteiger partial charge in [-0.2, -0.15) is 0 Å². The molecule has 0 radical (unpaired) electrons. The third-order valence-electron chi connectivity index (χ3n) is 4.23. The molecule has 0 fully saturated rings. The largest absolute Gasteiger partial charge is 0.494 e. The zero-order valence-corrected chi connectivity index (χ0v) is 15.6. The smallest absolute Gasteiger partial charge is 0.272 e. The van der Waals surface area contributed by atoms with E-state index < -0.39 is 0 Å². The number of amides is 1. The highest BCUT2D eigenvalue weighted by molar-refractivity contribution is 6.35. The van der Waals surface area contributed by atoms with Crippen LogP contribution in [0.2, 0.25) is 5.02 Å². The Kier molecular flexibility index (Phi) is 6.18. The Morgan fingerprint density at radius 1 is 1.12 bits per heavy atom. The van der Waals surface area contributed by atoms with Crippen molar-refractivity contribution < 1.29 is 9.53 Å². The van der Waals surface area contributed by atoms with Gasteiger partial charge in [-0.05, 0) is 42.8 Å². The van der Waals surface area contributed by atoms with Gasteiger partial charge in [-0.3, -0.25) is 4.79 Å². The normalized spacial score (nSPS) is 10.8. The predicted octanol–water partition coefficient (Wildman–Crippen LogP) is 6.03. The Bertz CT molecular complexity index is 871. The van der Waals surface area contributed by atoms with Crippen LogP contribution in [0.4, 0.5) is 5.69 Å². The van der Waals surface area contributed by atoms with Crippen LogP contribution < -0.4 is 10.1 Å². The molecule has 0 saturated carbocycles. The number of nitrogens with one attached hydrogen (secondary N) is 2. The quantitative estimate of drug-likeness (QED) is 0.475. The van der Waals surface area contributed by atoms with E-state index in [4.69, 9.17) is 16.3 Å². The number of hydrogen-bond acceptors (Lipinski definition) is 2. The van der Waals surface area contributed by atoms with Gasteiger partial charge in [0.2, 0.25) is 0 Å². The number of carbonyl (C=O) groups excluding carboxylic acids is 1. The molecule has 3 rings (SSSR count). The van der Waals surface area contributed by atoms with Crippen LogP contribution in [0.3, 0.4) is 0 Å². The summed E-state index contributed by atoms with van der Waals surface area (Å²) in [5.74, 6) is 0.613. The van der Waals surface area contributed by atoms with E-state index in [1.165, 1.54) is 19.3 Å². The molecule has 1 amide bonds. The first-order chi connectivity index (χ1) is 12.7. The maximum Gasteiger partial charge on any atom is 0.272 e. The van der Waals surface area contributed by atoms with Crippen molar-refractivity contribution in [1.82, 2.24) is 4.98 Å². The number of rotatable bonds is 8. The molecule has 0 aliphatic carbocycles. The Morgan fingerprint density at radius 2 is 1.92 bits per heavy atom. The fourth-order valence-electron chi connectivity index (χ4n) is 2.79. The number of ether oxygens (including phenoxy) is 1. The molecule has 0 saturated heterocycles. The lowest BCUT2D eigenvalue weighted by molar-refractivity contribution is 0.102. The number of H-pyrrole nitrogens is 1. The minimum atomic E-state index is -0.203. The molecular weight excluding hydrogens is 348 g/mol. The average Bonchev–Trinajstić information content (AvgIpc) is 3.09. The number of aromatic amines is 1. The Balaban J connectivity index is 1.57. The third-order valence-corrected chi connectivity index (χ3v) is 4.54. The molecule has 2 aromatic carbocycles. The summed E-state index contributed by atoms with van der Waals surface area (Å²) in [6.45, 7) is 2.92. The molecule has 0 unspecified atom stereocenters. The molecule has 1 heterocycles. The lowest BCUT2D eigenvalue weighted by Crippen LogP contribution is -2.12. The van der Waals surface area contributed by atoms with Gasteiger partial charge in [-0.1, -0.05) is 49.9 Å². The first-order valence-corrected chi connectivity index (χ1v) is 9.36. The van der Waals surface area contributed by atoms with Crippen molar-refractivity contribution in [2.75, 3.05) is 11.9 Å². The van der Waals surface area contributed by atoms with E-state index >= 15 is 0 Å². The predicted molar refractivity (Wildman–Crippen MR) is 107 cm³/mol. The van der Waals surface area contributed by atoms with Gasteiger partial charge in [0.25, 0.3) is 5.91 Å². The number of fused-ring (bicyclic) bond motifs is 1. The number of para-hydroxylation sites is 1. The van der Waals surface area contributed by atoms with Gasteiger partial charge in [0.05, 0.1) is 17.1 Å². The Hall–Kier alpha value is -2.46. The standard InChI is InChI=1S/C21H23ClN2O2/c1-2-3-4-5-13-26-17-11-9-16(10-12-17)23-21(25)19-14-15-7-6-8-18(22)20(15)24-19/h6-12,14,24H,2-5,13H2,1H3,(H,23,25). The van der Waals surface area contributed by atoms with Crippen molar-refractivity contribution in [3.05, 3.63) is 59.2 Å². The van der Waals surface area contributed by atoms with Crippen LogP contribution in [0.1, 0.15) is 43.1 Å². The number of anilines is 1. The average molecular weight is 371 g/mol. The van der Waals surface area contributed by atoms with Gasteiger partial charge in [0, 0.05) is 11.1 Å². The number of halogens is 1. The second kappa shape index (κ2) is 8.77. The molecule has 5 heteroatoms. The first-order valence-electron chi connectivity index (χ1n) is 8.99. The van der Waals surface area contributed by atoms with E-state index in [1.807, 2.05) is 36.4 Å². The maximum atomic E-state index is 12.4. The van der Waals surface area contributed by atoms with Crippen LogP contribution in [0.15, 0.2) is 48.5 Å². The summed E-state index contributed by atoms with van der Waals surface area (Å²) in [4.78, 5) is 15.5. The summed E-state index contributed by atoms with van der Waals surface area (Å²) in [5, 5.41) is 4.39. The number of hydrogen-bond donors (Lipinski definition) is 2. The molecule has 4 nitrogen and oxygen atoms in total. The van der Waals surface area contributed by atoms with Crippen molar-refractivity contribution in [3.8, 4) is 5.75 Å². The van der Waals surface area contributed by atoms with Gasteiger partial charge < -0.3 is 15.0 Å². The molecule has 0 aliphatic rings. The second-order valence-electron chi connectivity index (χ2n) is 6.27. The van der Waals surface area contributed by atoms with Crippen LogP contribution in [0.5, 0.6) is 5.75 Å². The van der Waals surface area contributed by atoms with Crippen LogP contribution in [-0.2, 0) is 0 Å². The number of unbranched alkanes of at least 4 members (excludes halogenated alkanes) is 3. The highest BCUT2D eigenvalue weighted by Crippen LogP contribution is 2.24. The van der Waals surface area contributed by atoms with E-state index in [9.17, 15) is 4.79 Å². The number of aromatic nitrogens is 1. The van der Waals surface area contributed by atoms with Crippen LogP contribution >= 0.6 is 11.6 Å². The monoisotopic (exact) mass is 370 g/mol. The summed E-state index contributed by atoms with van der Waals surface area (Å²) < 4.78 is 5.72. The van der Waals surface area contributed by atoms with E-state index in [2.05, 4.69) is 17.2 Å². The lowest BCUT2D eigenvalue weighted by Gasteiger charge is -2.08. The molecule has 2 N–H and O–H groups in total. The second-order valence-corrected chi connectivity index (χ2v) is 6.68. The van der Waals surface area contributed by atoms with E-state index in [1.54, 1.807) is 12.1 Å². The number of benzene rings is 2. The van der Waals surface area contributed by atoms with Crippen molar-refractivity contribution >= 4 is 34.1 Å². The van der Waals surface area contributed by atoms with E-state index in [-0.39, 0.29) is 5.91 Å². The molecule has 0 bridgehead atoms. The van der Waals surface area contributed by atoms with E-state index in [0.717, 1.165) is 35.4 Å². The molecule has 0 aliphatic heterocycles. The minimum Gasteiger partial charge on any atom is -0.494 e. The molecular formula is C21H23ClN2O2. The molecule has 0 spiro atoms. The highest BCUT2D eigenvalue weighted by atomic mass is 35.5. The van der Waals surface area contributed by atoms with Gasteiger partial charge in [-0.25, -0.2) is 0 Å². The Morgan fingerprint density at radius 3 is 2.65 bits per heavy atom. The van der Waals surface area contributed by atoms with Gasteiger partial charge in [-0.15, -0.1) is 0 Å². The van der Waals surface area contributed by atoms with Crippen molar-refractivity contribution in [1.29, 1.82) is 0 Å². The van der Waals surface area contributed by atoms with Crippen molar-refractivity contribution in [3.63, 3.8) is 0 Å². The summed E-state index contributed by atoms with van der Waals surface area (Å²) in [7, 11) is 0. The minimum absolute atomic E-state index is 0.203. The summed E-state index contributed by atoms with van der Waals surface area (Å²) in [6, 6.07) is 14.8. The fraction of sp³-hybridized carbons (Fsp3) is 0.286. The summed E-state index contributed by atoms with van der Waals surface area (Å²) >= 11 is 6.15. The first kappa shape index (κ1) is 18.3. The maximum absolute atomic E-state index is 12.4. The van der Waals surface area contributed by atoms with Gasteiger partial charge in [0.1, 0.15) is 11.4 Å². The molecule has 26 heavy (non-hydrogen) atoms. The SMILES string of the molecule is CCCCCCOc1ccc(NC(=O)c2cc3cccc(Cl)c3[nH]2)cc1. The van der Waals surface area contributed by atoms with Gasteiger partial charge >= 0.3 is 0 Å². The number of carbonyl (C=O) groups is 1. The zero-order valence-electron chi connectivity index (χ0n) is 14.8. The Labute approximate surface area is 158 Å². The van der Waals surface area contributed by atoms with Crippen LogP contribution in [-0.4, -0.2) is 17.5 Å². The highest BCUT2D eigenvalue weighted by Gasteiger charge is 2.11. The molecule has 3 aromatic rings. The lowest BCUT2D eigenvalue weighted by atomic mass is 10.2. The zero-order chi connectivity index (χ0) is 18.4.